The zero-order chi connectivity index (χ0) is 15.6. The van der Waals surface area contributed by atoms with Gasteiger partial charge in [0.2, 0.25) is 0 Å². The van der Waals surface area contributed by atoms with Crippen molar-refractivity contribution in [3.63, 3.8) is 0 Å². The van der Waals surface area contributed by atoms with Gasteiger partial charge in [-0.2, -0.15) is 0 Å². The van der Waals surface area contributed by atoms with Gasteiger partial charge in [0.25, 0.3) is 0 Å². The molecular formula is C21H17NO. The molecule has 0 bridgehead atoms. The summed E-state index contributed by atoms with van der Waals surface area (Å²) in [6.45, 7) is 1.21. The molecule has 0 amide bonds. The van der Waals surface area contributed by atoms with Crippen LogP contribution in [0.1, 0.15) is 10.4 Å². The van der Waals surface area contributed by atoms with E-state index in [1.807, 2.05) is 41.5 Å². The van der Waals surface area contributed by atoms with Crippen LogP contribution in [0, 0.1) is 0 Å². The number of benzene rings is 3. The number of rotatable bonds is 3. The van der Waals surface area contributed by atoms with Gasteiger partial charge in [0.1, 0.15) is 0 Å². The molecule has 0 spiro atoms. The predicted octanol–water partition coefficient (Wildman–Crippen LogP) is 4.56. The maximum absolute atomic E-state index is 12.5. The van der Waals surface area contributed by atoms with Crippen LogP contribution < -0.4 is 0 Å². The number of carbonyl (C=O) groups excluding carboxylic acids is 1. The molecule has 112 valence electrons. The van der Waals surface area contributed by atoms with Crippen LogP contribution in [0.3, 0.4) is 0 Å². The quantitative estimate of drug-likeness (QED) is 0.522. The Morgan fingerprint density at radius 3 is 2.61 bits per heavy atom. The number of fused-ring (bicyclic) bond motifs is 3. The van der Waals surface area contributed by atoms with E-state index >= 15 is 0 Å². The molecule has 0 fully saturated rings. The molecule has 0 radical (unpaired) electrons. The molecule has 3 aromatic carbocycles. The molecule has 4 rings (SSSR count). The maximum atomic E-state index is 12.5. The molecule has 2 heteroatoms. The van der Waals surface area contributed by atoms with E-state index in [2.05, 4.69) is 42.5 Å². The normalized spacial score (nSPS) is 13.8. The van der Waals surface area contributed by atoms with Crippen molar-refractivity contribution in [1.29, 1.82) is 0 Å². The molecule has 0 aromatic heterocycles. The summed E-state index contributed by atoms with van der Waals surface area (Å²) in [4.78, 5) is 14.5. The number of Topliss-reactive ketones (excluding diaryl/α,β-unsaturated/α-hetero) is 1. The van der Waals surface area contributed by atoms with Crippen LogP contribution in [0.4, 0.5) is 0 Å². The number of nitrogens with zero attached hydrogens (tertiary/aromatic N) is 1. The number of hydrogen-bond acceptors (Lipinski definition) is 2. The highest BCUT2D eigenvalue weighted by atomic mass is 16.1. The van der Waals surface area contributed by atoms with Crippen LogP contribution in [0.5, 0.6) is 0 Å². The lowest BCUT2D eigenvalue weighted by Gasteiger charge is -2.19. The predicted molar refractivity (Wildman–Crippen MR) is 95.6 cm³/mol. The van der Waals surface area contributed by atoms with E-state index < -0.39 is 0 Å². The van der Waals surface area contributed by atoms with Gasteiger partial charge in [0, 0.05) is 12.1 Å². The first-order valence-electron chi connectivity index (χ1n) is 7.83. The first kappa shape index (κ1) is 13.8. The van der Waals surface area contributed by atoms with Gasteiger partial charge in [-0.1, -0.05) is 60.7 Å². The van der Waals surface area contributed by atoms with Crippen molar-refractivity contribution in [3.05, 3.63) is 84.6 Å². The Kier molecular flexibility index (Phi) is 3.43. The topological polar surface area (TPSA) is 20.3 Å². The molecule has 0 unspecified atom stereocenters. The van der Waals surface area contributed by atoms with Gasteiger partial charge in [-0.3, -0.25) is 4.79 Å². The standard InChI is InChI=1S/C21H17NO/c23-21(15-22-12-4-1-5-13-22)18-10-11-20-17(14-18)9-8-16-6-2-3-7-19(16)20/h1-12,14H,13,15H2. The molecule has 1 heterocycles. The summed E-state index contributed by atoms with van der Waals surface area (Å²) in [7, 11) is 0. The summed E-state index contributed by atoms with van der Waals surface area (Å²) in [5.41, 5.74) is 0.774. The van der Waals surface area contributed by atoms with Crippen molar-refractivity contribution in [2.24, 2.45) is 0 Å². The third kappa shape index (κ3) is 2.64. The smallest absolute Gasteiger partial charge is 0.182 e. The molecule has 1 aliphatic heterocycles. The highest BCUT2D eigenvalue weighted by Crippen LogP contribution is 2.26. The molecular weight excluding hydrogens is 282 g/mol. The fourth-order valence-corrected chi connectivity index (χ4v) is 3.09. The largest absolute Gasteiger partial charge is 0.366 e. The van der Waals surface area contributed by atoms with E-state index in [4.69, 9.17) is 0 Å². The second-order valence-electron chi connectivity index (χ2n) is 5.84. The fourth-order valence-electron chi connectivity index (χ4n) is 3.09. The number of hydrogen-bond donors (Lipinski definition) is 0. The SMILES string of the molecule is O=C(CN1C=CC=CC1)c1ccc2c(ccc3ccccc32)c1. The second kappa shape index (κ2) is 5.73. The van der Waals surface area contributed by atoms with Crippen molar-refractivity contribution in [2.45, 2.75) is 0 Å². The van der Waals surface area contributed by atoms with Crippen LogP contribution in [-0.2, 0) is 0 Å². The third-order valence-corrected chi connectivity index (χ3v) is 4.30. The number of carbonyl (C=O) groups is 1. The Morgan fingerprint density at radius 1 is 0.913 bits per heavy atom. The molecule has 2 nitrogen and oxygen atoms in total. The van der Waals surface area contributed by atoms with Crippen LogP contribution >= 0.6 is 0 Å². The zero-order valence-corrected chi connectivity index (χ0v) is 12.8. The van der Waals surface area contributed by atoms with Gasteiger partial charge in [-0.25, -0.2) is 0 Å². The highest BCUT2D eigenvalue weighted by molar-refractivity contribution is 6.10. The van der Waals surface area contributed by atoms with Crippen LogP contribution in [-0.4, -0.2) is 23.8 Å². The molecule has 0 saturated carbocycles. The lowest BCUT2D eigenvalue weighted by molar-refractivity contribution is 0.0959. The Balaban J connectivity index is 1.68. The second-order valence-corrected chi connectivity index (χ2v) is 5.84. The molecule has 0 atom stereocenters. The van der Waals surface area contributed by atoms with Crippen molar-refractivity contribution in [1.82, 2.24) is 4.90 Å². The summed E-state index contributed by atoms with van der Waals surface area (Å²) in [6.07, 6.45) is 7.98. The van der Waals surface area contributed by atoms with E-state index in [0.29, 0.717) is 6.54 Å². The van der Waals surface area contributed by atoms with Gasteiger partial charge in [-0.05, 0) is 39.9 Å². The monoisotopic (exact) mass is 299 g/mol. The first-order valence-corrected chi connectivity index (χ1v) is 7.83. The van der Waals surface area contributed by atoms with E-state index in [-0.39, 0.29) is 5.78 Å². The summed E-state index contributed by atoms with van der Waals surface area (Å²) in [5, 5.41) is 4.77. The van der Waals surface area contributed by atoms with Crippen molar-refractivity contribution >= 4 is 27.3 Å². The molecule has 0 N–H and O–H groups in total. The molecule has 1 aliphatic rings. The van der Waals surface area contributed by atoms with Crippen molar-refractivity contribution in [3.8, 4) is 0 Å². The number of ketones is 1. The minimum absolute atomic E-state index is 0.153. The van der Waals surface area contributed by atoms with Gasteiger partial charge in [0.15, 0.2) is 5.78 Å². The van der Waals surface area contributed by atoms with Crippen LogP contribution in [0.25, 0.3) is 21.5 Å². The summed E-state index contributed by atoms with van der Waals surface area (Å²) in [5.74, 6) is 0.153. The Bertz CT molecular complexity index is 952. The molecule has 0 saturated heterocycles. The summed E-state index contributed by atoms with van der Waals surface area (Å²) >= 11 is 0. The van der Waals surface area contributed by atoms with Gasteiger partial charge < -0.3 is 4.90 Å². The zero-order valence-electron chi connectivity index (χ0n) is 12.8. The Labute approximate surface area is 135 Å². The number of allylic oxidation sites excluding steroid dienone is 2. The van der Waals surface area contributed by atoms with E-state index in [9.17, 15) is 4.79 Å². The van der Waals surface area contributed by atoms with E-state index in [1.54, 1.807) is 0 Å². The van der Waals surface area contributed by atoms with E-state index in [1.165, 1.54) is 16.2 Å². The molecule has 3 aromatic rings. The maximum Gasteiger partial charge on any atom is 0.182 e. The third-order valence-electron chi connectivity index (χ3n) is 4.30. The van der Waals surface area contributed by atoms with Crippen LogP contribution in [0.15, 0.2) is 79.0 Å². The average Bonchev–Trinajstić information content (AvgIpc) is 2.62. The van der Waals surface area contributed by atoms with Gasteiger partial charge in [0.05, 0.1) is 6.54 Å². The van der Waals surface area contributed by atoms with Gasteiger partial charge >= 0.3 is 0 Å². The highest BCUT2D eigenvalue weighted by Gasteiger charge is 2.11. The minimum atomic E-state index is 0.153. The van der Waals surface area contributed by atoms with Crippen molar-refractivity contribution < 1.29 is 4.79 Å². The van der Waals surface area contributed by atoms with Crippen molar-refractivity contribution in [2.75, 3.05) is 13.1 Å². The lowest BCUT2D eigenvalue weighted by atomic mass is 9.99. The fraction of sp³-hybridized carbons (Fsp3) is 0.0952. The lowest BCUT2D eigenvalue weighted by Crippen LogP contribution is -2.26. The Hall–Kier alpha value is -2.87. The minimum Gasteiger partial charge on any atom is -0.366 e. The average molecular weight is 299 g/mol. The van der Waals surface area contributed by atoms with E-state index in [0.717, 1.165) is 17.5 Å². The Morgan fingerprint density at radius 2 is 1.74 bits per heavy atom. The molecule has 0 aliphatic carbocycles. The van der Waals surface area contributed by atoms with Gasteiger partial charge in [-0.15, -0.1) is 0 Å². The van der Waals surface area contributed by atoms with Crippen LogP contribution in [0.2, 0.25) is 0 Å². The summed E-state index contributed by atoms with van der Waals surface area (Å²) < 4.78 is 0. The molecule has 23 heavy (non-hydrogen) atoms. The summed E-state index contributed by atoms with van der Waals surface area (Å²) in [6, 6.07) is 18.6. The first-order chi connectivity index (χ1) is 11.3.